The summed E-state index contributed by atoms with van der Waals surface area (Å²) in [5.41, 5.74) is 2.00. The lowest BCUT2D eigenvalue weighted by atomic mass is 10.1. The summed E-state index contributed by atoms with van der Waals surface area (Å²) >= 11 is 1.26. The van der Waals surface area contributed by atoms with Crippen molar-refractivity contribution < 1.29 is 29.0 Å². The van der Waals surface area contributed by atoms with Crippen LogP contribution in [0, 0.1) is 13.8 Å². The summed E-state index contributed by atoms with van der Waals surface area (Å²) in [6.07, 6.45) is 0. The van der Waals surface area contributed by atoms with E-state index in [9.17, 15) is 14.4 Å². The number of aryl methyl sites for hydroxylation is 1. The Balaban J connectivity index is 2.00. The molecular formula is C19H21NO6S. The number of carbonyl (C=O) groups is 3. The van der Waals surface area contributed by atoms with Crippen LogP contribution in [0.2, 0.25) is 0 Å². The zero-order chi connectivity index (χ0) is 20.0. The first-order valence-corrected chi connectivity index (χ1v) is 9.12. The molecule has 144 valence electrons. The van der Waals surface area contributed by atoms with E-state index >= 15 is 0 Å². The fourth-order valence-corrected chi connectivity index (χ4v) is 3.35. The smallest absolute Gasteiger partial charge is 0.341 e. The number of nitrogens with one attached hydrogen (secondary N) is 1. The molecule has 2 aromatic rings. The molecule has 1 aromatic heterocycles. The number of anilines is 1. The van der Waals surface area contributed by atoms with Gasteiger partial charge in [0, 0.05) is 4.88 Å². The molecule has 0 radical (unpaired) electrons. The van der Waals surface area contributed by atoms with Crippen LogP contribution in [-0.2, 0) is 20.9 Å². The Morgan fingerprint density at radius 1 is 1.07 bits per heavy atom. The van der Waals surface area contributed by atoms with Gasteiger partial charge in [0.15, 0.2) is 6.61 Å². The van der Waals surface area contributed by atoms with Gasteiger partial charge in [0.25, 0.3) is 5.91 Å². The van der Waals surface area contributed by atoms with Gasteiger partial charge in [0.05, 0.1) is 24.3 Å². The first kappa shape index (κ1) is 20.6. The SMILES string of the molecule is CCOC(=O)c1c(NC(=O)COC(=O)c2ccc(CO)cc2)sc(C)c1C. The monoisotopic (exact) mass is 391 g/mol. The average molecular weight is 391 g/mol. The highest BCUT2D eigenvalue weighted by atomic mass is 32.1. The molecule has 1 amide bonds. The molecule has 1 heterocycles. The normalized spacial score (nSPS) is 10.4. The summed E-state index contributed by atoms with van der Waals surface area (Å²) in [5.74, 6) is -1.71. The molecule has 27 heavy (non-hydrogen) atoms. The van der Waals surface area contributed by atoms with Crippen molar-refractivity contribution in [3.05, 3.63) is 51.4 Å². The number of aliphatic hydroxyl groups is 1. The minimum atomic E-state index is -0.654. The van der Waals surface area contributed by atoms with Crippen LogP contribution in [-0.4, -0.2) is 36.2 Å². The molecule has 8 heteroatoms. The fourth-order valence-electron chi connectivity index (χ4n) is 2.29. The zero-order valence-electron chi connectivity index (χ0n) is 15.3. The molecule has 0 atom stereocenters. The van der Waals surface area contributed by atoms with Crippen LogP contribution >= 0.6 is 11.3 Å². The lowest BCUT2D eigenvalue weighted by molar-refractivity contribution is -0.119. The number of carbonyl (C=O) groups excluding carboxylic acids is 3. The predicted octanol–water partition coefficient (Wildman–Crippen LogP) is 2.83. The van der Waals surface area contributed by atoms with Gasteiger partial charge in [-0.15, -0.1) is 11.3 Å². The number of thiophene rings is 1. The first-order chi connectivity index (χ1) is 12.9. The topological polar surface area (TPSA) is 102 Å². The molecule has 0 saturated carbocycles. The van der Waals surface area contributed by atoms with E-state index in [0.29, 0.717) is 16.1 Å². The van der Waals surface area contributed by atoms with Gasteiger partial charge >= 0.3 is 11.9 Å². The predicted molar refractivity (Wildman–Crippen MR) is 101 cm³/mol. The van der Waals surface area contributed by atoms with Gasteiger partial charge in [0.2, 0.25) is 0 Å². The number of amides is 1. The standard InChI is InChI=1S/C19H21NO6S/c1-4-25-19(24)16-11(2)12(3)27-17(16)20-15(22)10-26-18(23)14-7-5-13(9-21)6-8-14/h5-8,21H,4,9-10H2,1-3H3,(H,20,22). The quantitative estimate of drug-likeness (QED) is 0.704. The average Bonchev–Trinajstić information content (AvgIpc) is 2.93. The van der Waals surface area contributed by atoms with Crippen molar-refractivity contribution in [1.29, 1.82) is 0 Å². The number of rotatable bonds is 7. The third kappa shape index (κ3) is 5.15. The molecule has 0 aliphatic heterocycles. The van der Waals surface area contributed by atoms with Crippen molar-refractivity contribution >= 4 is 34.2 Å². The highest BCUT2D eigenvalue weighted by molar-refractivity contribution is 7.16. The Bertz CT molecular complexity index is 841. The lowest BCUT2D eigenvalue weighted by Gasteiger charge is -2.08. The Hall–Kier alpha value is -2.71. The molecule has 0 saturated heterocycles. The van der Waals surface area contributed by atoms with Crippen molar-refractivity contribution in [2.24, 2.45) is 0 Å². The lowest BCUT2D eigenvalue weighted by Crippen LogP contribution is -2.21. The maximum Gasteiger partial charge on any atom is 0.341 e. The number of esters is 2. The molecule has 0 aliphatic carbocycles. The Morgan fingerprint density at radius 3 is 2.33 bits per heavy atom. The van der Waals surface area contributed by atoms with Crippen LogP contribution in [0.3, 0.4) is 0 Å². The van der Waals surface area contributed by atoms with Crippen molar-refractivity contribution in [2.75, 3.05) is 18.5 Å². The van der Waals surface area contributed by atoms with Crippen LogP contribution in [0.1, 0.15) is 43.6 Å². The molecule has 0 spiro atoms. The van der Waals surface area contributed by atoms with Crippen LogP contribution in [0.25, 0.3) is 0 Å². The molecule has 0 fully saturated rings. The summed E-state index contributed by atoms with van der Waals surface area (Å²) in [6, 6.07) is 6.21. The van der Waals surface area contributed by atoms with Gasteiger partial charge in [-0.25, -0.2) is 9.59 Å². The molecule has 7 nitrogen and oxygen atoms in total. The van der Waals surface area contributed by atoms with Gasteiger partial charge in [-0.2, -0.15) is 0 Å². The van der Waals surface area contributed by atoms with Crippen molar-refractivity contribution in [3.8, 4) is 0 Å². The highest BCUT2D eigenvalue weighted by Crippen LogP contribution is 2.33. The van der Waals surface area contributed by atoms with Gasteiger partial charge in [0.1, 0.15) is 5.00 Å². The van der Waals surface area contributed by atoms with Gasteiger partial charge in [-0.05, 0) is 44.0 Å². The molecular weight excluding hydrogens is 370 g/mol. The largest absolute Gasteiger partial charge is 0.462 e. The highest BCUT2D eigenvalue weighted by Gasteiger charge is 2.22. The van der Waals surface area contributed by atoms with Crippen LogP contribution in [0.4, 0.5) is 5.00 Å². The van der Waals surface area contributed by atoms with E-state index < -0.39 is 24.5 Å². The summed E-state index contributed by atoms with van der Waals surface area (Å²) in [6.45, 7) is 4.95. The summed E-state index contributed by atoms with van der Waals surface area (Å²) in [5, 5.41) is 12.0. The van der Waals surface area contributed by atoms with E-state index in [1.54, 1.807) is 26.0 Å². The number of benzene rings is 1. The minimum absolute atomic E-state index is 0.125. The number of aliphatic hydroxyl groups excluding tert-OH is 1. The third-order valence-corrected chi connectivity index (χ3v) is 4.95. The first-order valence-electron chi connectivity index (χ1n) is 8.31. The number of ether oxygens (including phenoxy) is 2. The Morgan fingerprint density at radius 2 is 1.74 bits per heavy atom. The van der Waals surface area contributed by atoms with E-state index in [1.165, 1.54) is 23.5 Å². The van der Waals surface area contributed by atoms with Crippen molar-refractivity contribution in [3.63, 3.8) is 0 Å². The van der Waals surface area contributed by atoms with E-state index in [0.717, 1.165) is 10.4 Å². The zero-order valence-corrected chi connectivity index (χ0v) is 16.1. The Kier molecular flexibility index (Phi) is 7.09. The van der Waals surface area contributed by atoms with E-state index in [-0.39, 0.29) is 18.8 Å². The summed E-state index contributed by atoms with van der Waals surface area (Å²) < 4.78 is 10.0. The molecule has 1 aromatic carbocycles. The molecule has 2 N–H and O–H groups in total. The second-order valence-corrected chi connectivity index (χ2v) is 6.91. The maximum absolute atomic E-state index is 12.1. The molecule has 2 rings (SSSR count). The minimum Gasteiger partial charge on any atom is -0.462 e. The van der Waals surface area contributed by atoms with Crippen molar-refractivity contribution in [1.82, 2.24) is 0 Å². The Labute approximate surface area is 160 Å². The number of hydrogen-bond donors (Lipinski definition) is 2. The van der Waals surface area contributed by atoms with Gasteiger partial charge in [-0.3, -0.25) is 4.79 Å². The van der Waals surface area contributed by atoms with E-state index in [4.69, 9.17) is 14.6 Å². The molecule has 0 aliphatic rings. The van der Waals surface area contributed by atoms with Crippen molar-refractivity contribution in [2.45, 2.75) is 27.4 Å². The molecule has 0 bridgehead atoms. The second kappa shape index (κ2) is 9.29. The second-order valence-electron chi connectivity index (χ2n) is 5.69. The summed E-state index contributed by atoms with van der Waals surface area (Å²) in [7, 11) is 0. The van der Waals surface area contributed by atoms with E-state index in [1.807, 2.05) is 6.92 Å². The maximum atomic E-state index is 12.1. The van der Waals surface area contributed by atoms with Crippen LogP contribution in [0.5, 0.6) is 0 Å². The van der Waals surface area contributed by atoms with Gasteiger partial charge in [-0.1, -0.05) is 12.1 Å². The van der Waals surface area contributed by atoms with Gasteiger partial charge < -0.3 is 19.9 Å². The number of hydrogen-bond acceptors (Lipinski definition) is 7. The van der Waals surface area contributed by atoms with Crippen LogP contribution < -0.4 is 5.32 Å². The molecule has 0 unspecified atom stereocenters. The van der Waals surface area contributed by atoms with Crippen LogP contribution in [0.15, 0.2) is 24.3 Å². The summed E-state index contributed by atoms with van der Waals surface area (Å²) in [4.78, 5) is 37.1. The van der Waals surface area contributed by atoms with E-state index in [2.05, 4.69) is 5.32 Å². The fraction of sp³-hybridized carbons (Fsp3) is 0.316. The third-order valence-electron chi connectivity index (χ3n) is 3.82.